The number of halogens is 3. The lowest BCUT2D eigenvalue weighted by Crippen LogP contribution is -2.43. The van der Waals surface area contributed by atoms with Crippen LogP contribution < -0.4 is 5.32 Å². The normalized spacial score (nSPS) is 23.4. The van der Waals surface area contributed by atoms with Crippen molar-refractivity contribution >= 4 is 0 Å². The molecule has 0 aromatic heterocycles. The first kappa shape index (κ1) is 13.7. The van der Waals surface area contributed by atoms with Gasteiger partial charge < -0.3 is 10.4 Å². The number of alkyl halides is 3. The van der Waals surface area contributed by atoms with Crippen LogP contribution in [0.15, 0.2) is 0 Å². The highest BCUT2D eigenvalue weighted by atomic mass is 19.4. The number of aliphatic hydroxyl groups excluding tert-OH is 1. The Bertz CT molecular complexity index is 191. The molecule has 1 aliphatic rings. The molecule has 0 aromatic carbocycles. The van der Waals surface area contributed by atoms with Gasteiger partial charge in [-0.25, -0.2) is 0 Å². The molecule has 1 fully saturated rings. The average Bonchev–Trinajstić information content (AvgIpc) is 2.43. The molecule has 1 atom stereocenters. The molecule has 0 spiro atoms. The highest BCUT2D eigenvalue weighted by Gasteiger charge is 2.33. The Balaban J connectivity index is 2.52. The number of hydrogen-bond acceptors (Lipinski definition) is 3. The van der Waals surface area contributed by atoms with Crippen LogP contribution in [0.1, 0.15) is 19.3 Å². The summed E-state index contributed by atoms with van der Waals surface area (Å²) in [5.41, 5.74) is 0. The zero-order chi connectivity index (χ0) is 12.0. The third-order valence-electron chi connectivity index (χ3n) is 2.83. The number of rotatable bonds is 4. The van der Waals surface area contributed by atoms with Gasteiger partial charge in [0.25, 0.3) is 0 Å². The Kier molecular flexibility index (Phi) is 5.51. The average molecular weight is 240 g/mol. The van der Waals surface area contributed by atoms with E-state index in [1.807, 2.05) is 0 Å². The molecule has 1 heterocycles. The van der Waals surface area contributed by atoms with Gasteiger partial charge in [0.15, 0.2) is 0 Å². The summed E-state index contributed by atoms with van der Waals surface area (Å²) in [4.78, 5) is 1.35. The lowest BCUT2D eigenvalue weighted by atomic mass is 10.1. The molecule has 0 bridgehead atoms. The largest absolute Gasteiger partial charge is 0.401 e. The van der Waals surface area contributed by atoms with Gasteiger partial charge in [-0.15, -0.1) is 0 Å². The van der Waals surface area contributed by atoms with E-state index in [-0.39, 0.29) is 19.2 Å². The highest BCUT2D eigenvalue weighted by Crippen LogP contribution is 2.21. The van der Waals surface area contributed by atoms with Crippen LogP contribution in [0.2, 0.25) is 0 Å². The molecule has 3 nitrogen and oxygen atoms in total. The molecular weight excluding hydrogens is 221 g/mol. The van der Waals surface area contributed by atoms with Crippen molar-refractivity contribution in [3.05, 3.63) is 0 Å². The molecule has 0 aromatic rings. The lowest BCUT2D eigenvalue weighted by molar-refractivity contribution is -0.152. The second-order valence-corrected chi connectivity index (χ2v) is 4.14. The SMILES string of the molecule is OCCN(CC(F)(F)F)C1CCCNCC1. The van der Waals surface area contributed by atoms with E-state index in [1.165, 1.54) is 4.90 Å². The number of aliphatic hydroxyl groups is 1. The molecule has 0 radical (unpaired) electrons. The smallest absolute Gasteiger partial charge is 0.395 e. The van der Waals surface area contributed by atoms with Crippen molar-refractivity contribution in [3.8, 4) is 0 Å². The second kappa shape index (κ2) is 6.42. The van der Waals surface area contributed by atoms with E-state index in [0.717, 1.165) is 32.4 Å². The van der Waals surface area contributed by atoms with Crippen LogP contribution in [0, 0.1) is 0 Å². The van der Waals surface area contributed by atoms with Crippen molar-refractivity contribution in [2.24, 2.45) is 0 Å². The fraction of sp³-hybridized carbons (Fsp3) is 1.00. The van der Waals surface area contributed by atoms with Crippen molar-refractivity contribution in [1.29, 1.82) is 0 Å². The Morgan fingerprint density at radius 1 is 1.25 bits per heavy atom. The number of hydrogen-bond donors (Lipinski definition) is 2. The van der Waals surface area contributed by atoms with Crippen LogP contribution in [-0.2, 0) is 0 Å². The third kappa shape index (κ3) is 5.14. The summed E-state index contributed by atoms with van der Waals surface area (Å²) >= 11 is 0. The van der Waals surface area contributed by atoms with Crippen LogP contribution in [0.25, 0.3) is 0 Å². The van der Waals surface area contributed by atoms with Crippen LogP contribution in [0.3, 0.4) is 0 Å². The van der Waals surface area contributed by atoms with E-state index in [9.17, 15) is 13.2 Å². The molecule has 0 aliphatic carbocycles. The minimum atomic E-state index is -4.19. The van der Waals surface area contributed by atoms with Gasteiger partial charge in [0, 0.05) is 12.6 Å². The Morgan fingerprint density at radius 2 is 2.00 bits per heavy atom. The topological polar surface area (TPSA) is 35.5 Å². The van der Waals surface area contributed by atoms with E-state index in [0.29, 0.717) is 0 Å². The molecule has 0 amide bonds. The first-order valence-corrected chi connectivity index (χ1v) is 5.65. The molecule has 1 rings (SSSR count). The number of nitrogens with zero attached hydrogens (tertiary/aromatic N) is 1. The summed E-state index contributed by atoms with van der Waals surface area (Å²) in [5, 5.41) is 12.0. The zero-order valence-corrected chi connectivity index (χ0v) is 9.26. The van der Waals surface area contributed by atoms with Crippen molar-refractivity contribution in [2.75, 3.05) is 32.8 Å². The summed E-state index contributed by atoms with van der Waals surface area (Å²) in [5.74, 6) is 0. The summed E-state index contributed by atoms with van der Waals surface area (Å²) in [6.45, 7) is 0.586. The molecule has 2 N–H and O–H groups in total. The van der Waals surface area contributed by atoms with Gasteiger partial charge in [-0.2, -0.15) is 13.2 Å². The molecule has 6 heteroatoms. The van der Waals surface area contributed by atoms with Crippen LogP contribution in [0.5, 0.6) is 0 Å². The van der Waals surface area contributed by atoms with Gasteiger partial charge in [0.05, 0.1) is 13.2 Å². The maximum Gasteiger partial charge on any atom is 0.401 e. The summed E-state index contributed by atoms with van der Waals surface area (Å²) < 4.78 is 37.0. The van der Waals surface area contributed by atoms with Gasteiger partial charge >= 0.3 is 6.18 Å². The quantitative estimate of drug-likeness (QED) is 0.769. The minimum absolute atomic E-state index is 0.0659. The van der Waals surface area contributed by atoms with E-state index < -0.39 is 12.7 Å². The predicted octanol–water partition coefficient (Wildman–Crippen LogP) is 0.985. The molecule has 16 heavy (non-hydrogen) atoms. The summed E-state index contributed by atoms with van der Waals surface area (Å²) in [6.07, 6.45) is -1.81. The molecule has 1 saturated heterocycles. The van der Waals surface area contributed by atoms with E-state index in [1.54, 1.807) is 0 Å². The maximum atomic E-state index is 12.3. The lowest BCUT2D eigenvalue weighted by Gasteiger charge is -2.30. The molecule has 1 aliphatic heterocycles. The molecule has 0 saturated carbocycles. The first-order valence-electron chi connectivity index (χ1n) is 5.65. The van der Waals surface area contributed by atoms with Crippen molar-refractivity contribution in [1.82, 2.24) is 10.2 Å². The standard InChI is InChI=1S/C10H19F3N2O/c11-10(12,13)8-15(6-7-16)9-2-1-4-14-5-3-9/h9,14,16H,1-8H2. The van der Waals surface area contributed by atoms with Crippen LogP contribution in [-0.4, -0.2) is 55.0 Å². The van der Waals surface area contributed by atoms with Crippen molar-refractivity contribution in [3.63, 3.8) is 0 Å². The van der Waals surface area contributed by atoms with Gasteiger partial charge in [0.2, 0.25) is 0 Å². The fourth-order valence-corrected chi connectivity index (χ4v) is 2.12. The third-order valence-corrected chi connectivity index (χ3v) is 2.83. The fourth-order valence-electron chi connectivity index (χ4n) is 2.12. The van der Waals surface area contributed by atoms with Gasteiger partial charge in [-0.1, -0.05) is 0 Å². The summed E-state index contributed by atoms with van der Waals surface area (Å²) in [6, 6.07) is -0.0659. The Morgan fingerprint density at radius 3 is 2.62 bits per heavy atom. The monoisotopic (exact) mass is 240 g/mol. The van der Waals surface area contributed by atoms with Crippen molar-refractivity contribution < 1.29 is 18.3 Å². The summed E-state index contributed by atoms with van der Waals surface area (Å²) in [7, 11) is 0. The van der Waals surface area contributed by atoms with Crippen LogP contribution >= 0.6 is 0 Å². The van der Waals surface area contributed by atoms with E-state index >= 15 is 0 Å². The van der Waals surface area contributed by atoms with E-state index in [2.05, 4.69) is 5.32 Å². The van der Waals surface area contributed by atoms with Gasteiger partial charge in [-0.3, -0.25) is 4.90 Å². The Hall–Kier alpha value is -0.330. The number of nitrogens with one attached hydrogen (secondary N) is 1. The molecule has 1 unspecified atom stereocenters. The molecular formula is C10H19F3N2O. The van der Waals surface area contributed by atoms with Gasteiger partial charge in [0.1, 0.15) is 0 Å². The zero-order valence-electron chi connectivity index (χ0n) is 9.26. The maximum absolute atomic E-state index is 12.3. The van der Waals surface area contributed by atoms with Crippen LogP contribution in [0.4, 0.5) is 13.2 Å². The Labute approximate surface area is 93.6 Å². The predicted molar refractivity (Wildman–Crippen MR) is 55.2 cm³/mol. The van der Waals surface area contributed by atoms with E-state index in [4.69, 9.17) is 5.11 Å². The van der Waals surface area contributed by atoms with Gasteiger partial charge in [-0.05, 0) is 32.4 Å². The molecule has 96 valence electrons. The minimum Gasteiger partial charge on any atom is -0.395 e. The first-order chi connectivity index (χ1) is 7.53. The second-order valence-electron chi connectivity index (χ2n) is 4.14. The highest BCUT2D eigenvalue weighted by molar-refractivity contribution is 4.77. The van der Waals surface area contributed by atoms with Crippen molar-refractivity contribution in [2.45, 2.75) is 31.5 Å².